The number of carbonyl (C=O) groups is 1. The number of halogens is 2. The SMILES string of the molecule is NC(=O)c1c(C[C@H](O)CO)ccc(Cl)c1Cl. The molecule has 6 heteroatoms. The Morgan fingerprint density at radius 2 is 2.06 bits per heavy atom. The van der Waals surface area contributed by atoms with Crippen LogP contribution in [0.25, 0.3) is 0 Å². The summed E-state index contributed by atoms with van der Waals surface area (Å²) in [5.74, 6) is -0.715. The molecule has 0 unspecified atom stereocenters. The molecule has 0 saturated heterocycles. The van der Waals surface area contributed by atoms with Gasteiger partial charge in [-0.1, -0.05) is 29.3 Å². The van der Waals surface area contributed by atoms with Crippen LogP contribution in [-0.2, 0) is 6.42 Å². The van der Waals surface area contributed by atoms with Crippen LogP contribution >= 0.6 is 23.2 Å². The lowest BCUT2D eigenvalue weighted by Crippen LogP contribution is -2.20. The number of amides is 1. The molecule has 1 amide bonds. The Hall–Kier alpha value is -0.810. The van der Waals surface area contributed by atoms with Crippen LogP contribution in [-0.4, -0.2) is 28.8 Å². The van der Waals surface area contributed by atoms with Crippen LogP contribution in [0.4, 0.5) is 0 Å². The summed E-state index contributed by atoms with van der Waals surface area (Å²) < 4.78 is 0. The van der Waals surface area contributed by atoms with Gasteiger partial charge in [0.15, 0.2) is 0 Å². The van der Waals surface area contributed by atoms with Gasteiger partial charge in [0.2, 0.25) is 0 Å². The van der Waals surface area contributed by atoms with Crippen molar-refractivity contribution in [2.75, 3.05) is 6.61 Å². The van der Waals surface area contributed by atoms with Crippen molar-refractivity contribution in [2.24, 2.45) is 5.73 Å². The molecule has 1 rings (SSSR count). The van der Waals surface area contributed by atoms with Crippen LogP contribution in [0.3, 0.4) is 0 Å². The van der Waals surface area contributed by atoms with Crippen molar-refractivity contribution in [3.8, 4) is 0 Å². The minimum absolute atomic E-state index is 0.0665. The van der Waals surface area contributed by atoms with E-state index < -0.39 is 18.6 Å². The summed E-state index contributed by atoms with van der Waals surface area (Å²) in [5, 5.41) is 18.3. The van der Waals surface area contributed by atoms with Gasteiger partial charge in [-0.3, -0.25) is 4.79 Å². The van der Waals surface area contributed by atoms with Gasteiger partial charge in [-0.2, -0.15) is 0 Å². The van der Waals surface area contributed by atoms with Crippen LogP contribution in [0.5, 0.6) is 0 Å². The molecule has 0 saturated carbocycles. The van der Waals surface area contributed by atoms with Gasteiger partial charge >= 0.3 is 0 Å². The predicted molar refractivity (Wildman–Crippen MR) is 61.8 cm³/mol. The molecule has 1 aromatic rings. The first-order valence-corrected chi connectivity index (χ1v) is 5.28. The smallest absolute Gasteiger partial charge is 0.250 e. The molecular formula is C10H11Cl2NO3. The summed E-state index contributed by atoms with van der Waals surface area (Å²) in [6.45, 7) is -0.404. The fourth-order valence-electron chi connectivity index (χ4n) is 1.35. The number of hydrogen-bond donors (Lipinski definition) is 3. The Morgan fingerprint density at radius 3 is 2.56 bits per heavy atom. The minimum Gasteiger partial charge on any atom is -0.394 e. The van der Waals surface area contributed by atoms with E-state index >= 15 is 0 Å². The largest absolute Gasteiger partial charge is 0.394 e. The number of benzene rings is 1. The number of hydrogen-bond acceptors (Lipinski definition) is 3. The zero-order valence-corrected chi connectivity index (χ0v) is 9.79. The lowest BCUT2D eigenvalue weighted by molar-refractivity contribution is 0.0940. The standard InChI is InChI=1S/C10H11Cl2NO3/c11-7-2-1-5(3-6(15)4-14)8(9(7)12)10(13)16/h1-2,6,14-15H,3-4H2,(H2,13,16)/t6-/m0/s1. The van der Waals surface area contributed by atoms with E-state index in [2.05, 4.69) is 0 Å². The maximum atomic E-state index is 11.2. The Labute approximate surface area is 103 Å². The average molecular weight is 264 g/mol. The molecule has 0 aliphatic rings. The second-order valence-corrected chi connectivity index (χ2v) is 4.09. The van der Waals surface area contributed by atoms with E-state index in [9.17, 15) is 9.90 Å². The van der Waals surface area contributed by atoms with E-state index in [0.717, 1.165) is 0 Å². The van der Waals surface area contributed by atoms with E-state index in [0.29, 0.717) is 5.56 Å². The quantitative estimate of drug-likeness (QED) is 0.758. The van der Waals surface area contributed by atoms with Crippen LogP contribution < -0.4 is 5.73 Å². The molecule has 0 aliphatic carbocycles. The third kappa shape index (κ3) is 2.86. The highest BCUT2D eigenvalue weighted by atomic mass is 35.5. The van der Waals surface area contributed by atoms with Gasteiger partial charge in [0.25, 0.3) is 5.91 Å². The second kappa shape index (κ2) is 5.50. The summed E-state index contributed by atoms with van der Waals surface area (Å²) in [6, 6.07) is 3.06. The maximum Gasteiger partial charge on any atom is 0.250 e. The van der Waals surface area contributed by atoms with E-state index in [-0.39, 0.29) is 22.0 Å². The van der Waals surface area contributed by atoms with Gasteiger partial charge in [0.1, 0.15) is 0 Å². The Kier molecular flexibility index (Phi) is 4.56. The monoisotopic (exact) mass is 263 g/mol. The van der Waals surface area contributed by atoms with E-state index in [1.165, 1.54) is 6.07 Å². The van der Waals surface area contributed by atoms with Crippen molar-refractivity contribution in [3.63, 3.8) is 0 Å². The number of primary amides is 1. The molecule has 16 heavy (non-hydrogen) atoms. The summed E-state index contributed by atoms with van der Waals surface area (Å²) in [7, 11) is 0. The third-order valence-electron chi connectivity index (χ3n) is 2.09. The topological polar surface area (TPSA) is 83.6 Å². The van der Waals surface area contributed by atoms with E-state index in [1.54, 1.807) is 6.07 Å². The Balaban J connectivity index is 3.18. The highest BCUT2D eigenvalue weighted by Gasteiger charge is 2.17. The van der Waals surface area contributed by atoms with Crippen molar-refractivity contribution < 1.29 is 15.0 Å². The van der Waals surface area contributed by atoms with Crippen LogP contribution in [0.1, 0.15) is 15.9 Å². The van der Waals surface area contributed by atoms with Crippen LogP contribution in [0.2, 0.25) is 10.0 Å². The average Bonchev–Trinajstić information content (AvgIpc) is 2.23. The molecule has 0 fully saturated rings. The molecule has 0 aromatic heterocycles. The first kappa shape index (κ1) is 13.3. The second-order valence-electron chi connectivity index (χ2n) is 3.30. The first-order valence-electron chi connectivity index (χ1n) is 4.53. The van der Waals surface area contributed by atoms with Gasteiger partial charge in [-0.15, -0.1) is 0 Å². The number of carbonyl (C=O) groups excluding carboxylic acids is 1. The van der Waals surface area contributed by atoms with Crippen molar-refractivity contribution in [1.29, 1.82) is 0 Å². The van der Waals surface area contributed by atoms with E-state index in [1.807, 2.05) is 0 Å². The molecule has 1 aromatic carbocycles. The summed E-state index contributed by atoms with van der Waals surface area (Å²) in [5.41, 5.74) is 5.72. The molecule has 1 atom stereocenters. The summed E-state index contributed by atoms with van der Waals surface area (Å²) in [6.07, 6.45) is -0.874. The van der Waals surface area contributed by atoms with Gasteiger partial charge in [-0.05, 0) is 11.6 Å². The predicted octanol–water partition coefficient (Wildman–Crippen LogP) is 0.988. The van der Waals surface area contributed by atoms with Crippen molar-refractivity contribution >= 4 is 29.1 Å². The lowest BCUT2D eigenvalue weighted by Gasteiger charge is -2.12. The molecule has 0 spiro atoms. The highest BCUT2D eigenvalue weighted by Crippen LogP contribution is 2.28. The summed E-state index contributed by atoms with van der Waals surface area (Å²) in [4.78, 5) is 11.2. The zero-order valence-electron chi connectivity index (χ0n) is 8.28. The highest BCUT2D eigenvalue weighted by molar-refractivity contribution is 6.44. The molecule has 4 N–H and O–H groups in total. The molecular weight excluding hydrogens is 253 g/mol. The fraction of sp³-hybridized carbons (Fsp3) is 0.300. The molecule has 0 radical (unpaired) electrons. The molecule has 4 nitrogen and oxygen atoms in total. The third-order valence-corrected chi connectivity index (χ3v) is 2.90. The van der Waals surface area contributed by atoms with Gasteiger partial charge in [0.05, 0.1) is 28.3 Å². The van der Waals surface area contributed by atoms with Crippen LogP contribution in [0, 0.1) is 0 Å². The molecule has 0 bridgehead atoms. The van der Waals surface area contributed by atoms with Gasteiger partial charge < -0.3 is 15.9 Å². The molecule has 0 heterocycles. The lowest BCUT2D eigenvalue weighted by atomic mass is 10.0. The van der Waals surface area contributed by atoms with Crippen molar-refractivity contribution in [3.05, 3.63) is 33.3 Å². The first-order chi connectivity index (χ1) is 7.47. The van der Waals surface area contributed by atoms with Gasteiger partial charge in [0, 0.05) is 6.42 Å². The zero-order chi connectivity index (χ0) is 12.3. The number of aliphatic hydroxyl groups is 2. The van der Waals surface area contributed by atoms with E-state index in [4.69, 9.17) is 34.0 Å². The maximum absolute atomic E-state index is 11.2. The number of rotatable bonds is 4. The van der Waals surface area contributed by atoms with Crippen LogP contribution in [0.15, 0.2) is 12.1 Å². The van der Waals surface area contributed by atoms with Crippen molar-refractivity contribution in [1.82, 2.24) is 0 Å². The normalized spacial score (nSPS) is 12.5. The molecule has 0 aliphatic heterocycles. The number of nitrogens with two attached hydrogens (primary N) is 1. The Morgan fingerprint density at radius 1 is 1.44 bits per heavy atom. The van der Waals surface area contributed by atoms with Crippen molar-refractivity contribution in [2.45, 2.75) is 12.5 Å². The summed E-state index contributed by atoms with van der Waals surface area (Å²) >= 11 is 11.6. The number of aliphatic hydroxyl groups excluding tert-OH is 2. The Bertz CT molecular complexity index is 409. The fourth-order valence-corrected chi connectivity index (χ4v) is 1.78. The molecule has 88 valence electrons. The van der Waals surface area contributed by atoms with Gasteiger partial charge in [-0.25, -0.2) is 0 Å². The minimum atomic E-state index is -0.963.